The summed E-state index contributed by atoms with van der Waals surface area (Å²) in [6, 6.07) is -0.841. The zero-order chi connectivity index (χ0) is 49.2. The summed E-state index contributed by atoms with van der Waals surface area (Å²) in [7, 11) is 1.59. The maximum absolute atomic E-state index is 13.0. The summed E-state index contributed by atoms with van der Waals surface area (Å²) < 4.78 is 23.7. The first kappa shape index (κ1) is 66.2. The van der Waals surface area contributed by atoms with Crippen LogP contribution in [0.5, 0.6) is 0 Å². The number of quaternary nitrogens is 1. The van der Waals surface area contributed by atoms with E-state index in [0.29, 0.717) is 17.4 Å². The Bertz CT molecular complexity index is 1100. The van der Waals surface area contributed by atoms with Crippen LogP contribution in [0.3, 0.4) is 0 Å². The van der Waals surface area contributed by atoms with Gasteiger partial charge in [-0.05, 0) is 19.3 Å². The van der Waals surface area contributed by atoms with Crippen LogP contribution >= 0.6 is 7.82 Å². The van der Waals surface area contributed by atoms with Gasteiger partial charge in [-0.15, -0.1) is 0 Å². The van der Waals surface area contributed by atoms with Crippen LogP contribution in [-0.4, -0.2) is 73.4 Å². The van der Waals surface area contributed by atoms with E-state index < -0.39 is 20.0 Å². The molecule has 0 saturated carbocycles. The summed E-state index contributed by atoms with van der Waals surface area (Å²) >= 11 is 0. The number of amides is 1. The van der Waals surface area contributed by atoms with Gasteiger partial charge < -0.3 is 19.8 Å². The number of nitrogens with zero attached hydrogens (tertiary/aromatic N) is 1. The van der Waals surface area contributed by atoms with E-state index in [1.807, 2.05) is 27.2 Å². The van der Waals surface area contributed by atoms with E-state index in [-0.39, 0.29) is 19.1 Å². The number of allylic oxidation sites excluding steroid dienone is 1. The first-order valence-corrected chi connectivity index (χ1v) is 31.1. The van der Waals surface area contributed by atoms with Gasteiger partial charge >= 0.3 is 7.82 Å². The molecule has 0 rings (SSSR count). The smallest absolute Gasteiger partial charge is 0.387 e. The molecule has 0 aromatic heterocycles. The lowest BCUT2D eigenvalue weighted by atomic mass is 10.0. The molecule has 0 aliphatic heterocycles. The van der Waals surface area contributed by atoms with E-state index in [1.165, 1.54) is 244 Å². The Morgan fingerprint density at radius 2 is 0.791 bits per heavy atom. The number of nitrogens with one attached hydrogen (secondary N) is 1. The highest BCUT2D eigenvalue weighted by Crippen LogP contribution is 2.43. The van der Waals surface area contributed by atoms with Gasteiger partial charge in [-0.1, -0.05) is 289 Å². The van der Waals surface area contributed by atoms with Crippen molar-refractivity contribution in [3.63, 3.8) is 0 Å². The number of aliphatic hydroxyl groups is 1. The topological polar surface area (TPSA) is 105 Å². The summed E-state index contributed by atoms with van der Waals surface area (Å²) in [4.78, 5) is 23.3. The molecule has 0 spiro atoms. The summed E-state index contributed by atoms with van der Waals surface area (Å²) in [6.45, 7) is 4.86. The van der Waals surface area contributed by atoms with Gasteiger partial charge in [0.25, 0.3) is 0 Å². The van der Waals surface area contributed by atoms with Crippen LogP contribution in [0.1, 0.15) is 303 Å². The van der Waals surface area contributed by atoms with Crippen molar-refractivity contribution in [1.29, 1.82) is 0 Å². The van der Waals surface area contributed by atoms with Gasteiger partial charge in [0.1, 0.15) is 13.2 Å². The molecule has 0 aromatic rings. The van der Waals surface area contributed by atoms with E-state index >= 15 is 0 Å². The summed E-state index contributed by atoms with van der Waals surface area (Å²) in [5, 5.41) is 13.9. The first-order chi connectivity index (χ1) is 32.5. The lowest BCUT2D eigenvalue weighted by Gasteiger charge is -2.25. The highest BCUT2D eigenvalue weighted by atomic mass is 31.2. The zero-order valence-electron chi connectivity index (χ0n) is 45.7. The molecule has 0 aliphatic rings. The van der Waals surface area contributed by atoms with Crippen molar-refractivity contribution >= 4 is 13.7 Å². The molecular weight excluding hydrogens is 852 g/mol. The summed E-state index contributed by atoms with van der Waals surface area (Å²) in [5.41, 5.74) is 0. The Kier molecular flexibility index (Phi) is 49.6. The normalized spacial score (nSPS) is 14.0. The number of phosphoric ester groups is 1. The molecule has 0 fully saturated rings. The molecule has 67 heavy (non-hydrogen) atoms. The fourth-order valence-electron chi connectivity index (χ4n) is 9.10. The molecule has 3 atom stereocenters. The van der Waals surface area contributed by atoms with Crippen molar-refractivity contribution < 1.29 is 32.9 Å². The number of carbonyl (C=O) groups excluding carboxylic acids is 1. The maximum Gasteiger partial charge on any atom is 0.472 e. The number of hydrogen-bond acceptors (Lipinski definition) is 5. The van der Waals surface area contributed by atoms with Crippen LogP contribution in [0.15, 0.2) is 12.2 Å². The van der Waals surface area contributed by atoms with Crippen molar-refractivity contribution in [2.75, 3.05) is 40.9 Å². The van der Waals surface area contributed by atoms with E-state index in [9.17, 15) is 19.4 Å². The fourth-order valence-corrected chi connectivity index (χ4v) is 9.84. The van der Waals surface area contributed by atoms with Gasteiger partial charge in [0.2, 0.25) is 5.91 Å². The van der Waals surface area contributed by atoms with Gasteiger partial charge in [-0.2, -0.15) is 0 Å². The minimum atomic E-state index is -4.34. The SMILES string of the molecule is CCCCCCCCCCCCCC/C=C/[C@@H](O)[C@H](COP(=O)(O)OCC[N+](C)(C)C)NC(=O)CCCCCCCCCCCCCCCCCCCCCCCCCCCCCCCCC. The maximum atomic E-state index is 13.0. The van der Waals surface area contributed by atoms with Crippen LogP contribution in [-0.2, 0) is 18.4 Å². The van der Waals surface area contributed by atoms with E-state index in [1.54, 1.807) is 6.08 Å². The lowest BCUT2D eigenvalue weighted by molar-refractivity contribution is -0.870. The average molecular weight is 971 g/mol. The second kappa shape index (κ2) is 50.2. The van der Waals surface area contributed by atoms with E-state index in [2.05, 4.69) is 19.2 Å². The van der Waals surface area contributed by atoms with Gasteiger partial charge in [-0.25, -0.2) is 4.57 Å². The Morgan fingerprint density at radius 1 is 0.493 bits per heavy atom. The molecular formula is C58H118N2O6P+. The van der Waals surface area contributed by atoms with Crippen LogP contribution in [0, 0.1) is 0 Å². The summed E-state index contributed by atoms with van der Waals surface area (Å²) in [6.07, 6.45) is 61.9. The van der Waals surface area contributed by atoms with Gasteiger partial charge in [0.15, 0.2) is 0 Å². The third kappa shape index (κ3) is 52.9. The molecule has 1 amide bonds. The second-order valence-corrected chi connectivity index (χ2v) is 23.2. The second-order valence-electron chi connectivity index (χ2n) is 21.7. The van der Waals surface area contributed by atoms with E-state index in [4.69, 9.17) is 9.05 Å². The van der Waals surface area contributed by atoms with Gasteiger partial charge in [-0.3, -0.25) is 13.8 Å². The zero-order valence-corrected chi connectivity index (χ0v) is 46.6. The van der Waals surface area contributed by atoms with Crippen LogP contribution in [0.25, 0.3) is 0 Å². The molecule has 9 heteroatoms. The average Bonchev–Trinajstić information content (AvgIpc) is 3.29. The quantitative estimate of drug-likeness (QED) is 0.0243. The third-order valence-electron chi connectivity index (χ3n) is 13.8. The molecule has 8 nitrogen and oxygen atoms in total. The van der Waals surface area contributed by atoms with Crippen LogP contribution < -0.4 is 5.32 Å². The highest BCUT2D eigenvalue weighted by molar-refractivity contribution is 7.47. The number of carbonyl (C=O) groups is 1. The predicted octanol–water partition coefficient (Wildman–Crippen LogP) is 17.8. The van der Waals surface area contributed by atoms with Crippen molar-refractivity contribution in [2.24, 2.45) is 0 Å². The molecule has 0 saturated heterocycles. The van der Waals surface area contributed by atoms with Crippen LogP contribution in [0.2, 0.25) is 0 Å². The predicted molar refractivity (Wildman–Crippen MR) is 291 cm³/mol. The Labute approximate surface area is 418 Å². The minimum Gasteiger partial charge on any atom is -0.387 e. The molecule has 0 radical (unpaired) electrons. The van der Waals surface area contributed by atoms with E-state index in [0.717, 1.165) is 38.5 Å². The molecule has 1 unspecified atom stereocenters. The third-order valence-corrected chi connectivity index (χ3v) is 14.7. The number of rotatable bonds is 55. The molecule has 0 aromatic carbocycles. The Balaban J connectivity index is 4.00. The molecule has 400 valence electrons. The van der Waals surface area contributed by atoms with Crippen molar-refractivity contribution in [3.05, 3.63) is 12.2 Å². The number of hydrogen-bond donors (Lipinski definition) is 3. The molecule has 3 N–H and O–H groups in total. The number of aliphatic hydroxyl groups excluding tert-OH is 1. The highest BCUT2D eigenvalue weighted by Gasteiger charge is 2.27. The molecule has 0 bridgehead atoms. The molecule has 0 heterocycles. The standard InChI is InChI=1S/C58H117N2O6P/c1-6-8-10-12-14-16-18-20-22-23-24-25-26-27-28-29-30-31-32-33-34-35-36-37-38-40-42-44-46-48-50-52-58(62)59-56(55-66-67(63,64)65-54-53-60(3,4)5)57(61)51-49-47-45-43-41-39-21-19-17-15-13-11-9-7-2/h49,51,56-57,61H,6-48,50,52-55H2,1-5H3,(H-,59,62,63,64)/p+1/b51-49+/t56-,57+/m0/s1. The van der Waals surface area contributed by atoms with Gasteiger partial charge in [0, 0.05) is 6.42 Å². The minimum absolute atomic E-state index is 0.0650. The monoisotopic (exact) mass is 970 g/mol. The van der Waals surface area contributed by atoms with Gasteiger partial charge in [0.05, 0.1) is 39.9 Å². The lowest BCUT2D eigenvalue weighted by Crippen LogP contribution is -2.45. The Morgan fingerprint density at radius 3 is 1.10 bits per heavy atom. The van der Waals surface area contributed by atoms with Crippen LogP contribution in [0.4, 0.5) is 0 Å². The summed E-state index contributed by atoms with van der Waals surface area (Å²) in [5.74, 6) is -0.170. The number of likely N-dealkylation sites (N-methyl/N-ethyl adjacent to an activating group) is 1. The number of phosphoric acid groups is 1. The van der Waals surface area contributed by atoms with Crippen molar-refractivity contribution in [3.8, 4) is 0 Å². The number of unbranched alkanes of at least 4 members (excludes halogenated alkanes) is 42. The van der Waals surface area contributed by atoms with Crippen molar-refractivity contribution in [1.82, 2.24) is 5.32 Å². The molecule has 0 aliphatic carbocycles. The Hall–Kier alpha value is -0.760. The fraction of sp³-hybridized carbons (Fsp3) is 0.948. The van der Waals surface area contributed by atoms with Crippen molar-refractivity contribution in [2.45, 2.75) is 315 Å². The first-order valence-electron chi connectivity index (χ1n) is 29.6. The largest absolute Gasteiger partial charge is 0.472 e.